The molecule has 31 heavy (non-hydrogen) atoms. The van der Waals surface area contributed by atoms with Gasteiger partial charge in [0.05, 0.1) is 28.2 Å². The van der Waals surface area contributed by atoms with Crippen LogP contribution < -0.4 is 10.9 Å². The van der Waals surface area contributed by atoms with Gasteiger partial charge in [-0.1, -0.05) is 35.3 Å². The highest BCUT2D eigenvalue weighted by Crippen LogP contribution is 2.29. The van der Waals surface area contributed by atoms with Crippen molar-refractivity contribution < 1.29 is 9.90 Å². The molecule has 1 aliphatic rings. The zero-order valence-electron chi connectivity index (χ0n) is 16.0. The fraction of sp³-hybridized carbons (Fsp3) is 0.0870. The Morgan fingerprint density at radius 2 is 1.68 bits per heavy atom. The second-order valence-electron chi connectivity index (χ2n) is 7.33. The highest BCUT2D eigenvalue weighted by Gasteiger charge is 2.30. The van der Waals surface area contributed by atoms with Gasteiger partial charge >= 0.3 is 0 Å². The molecule has 0 radical (unpaired) electrons. The number of aromatic nitrogens is 2. The third-order valence-corrected chi connectivity index (χ3v) is 5.76. The predicted molar refractivity (Wildman–Crippen MR) is 119 cm³/mol. The molecule has 2 heterocycles. The fourth-order valence-corrected chi connectivity index (χ4v) is 4.17. The highest BCUT2D eigenvalue weighted by molar-refractivity contribution is 6.31. The number of hydrogen-bond donors (Lipinski definition) is 2. The van der Waals surface area contributed by atoms with E-state index in [9.17, 15) is 14.7 Å². The van der Waals surface area contributed by atoms with Crippen molar-refractivity contribution in [3.8, 4) is 11.4 Å². The summed E-state index contributed by atoms with van der Waals surface area (Å²) in [6.45, 7) is 0. The molecule has 3 aromatic carbocycles. The molecule has 1 amide bonds. The van der Waals surface area contributed by atoms with Crippen LogP contribution in [-0.2, 0) is 6.42 Å². The first-order valence-electron chi connectivity index (χ1n) is 9.51. The van der Waals surface area contributed by atoms with E-state index in [0.717, 1.165) is 5.56 Å². The quantitative estimate of drug-likeness (QED) is 0.472. The lowest BCUT2D eigenvalue weighted by Crippen LogP contribution is -2.31. The summed E-state index contributed by atoms with van der Waals surface area (Å²) in [5.41, 5.74) is 1.70. The van der Waals surface area contributed by atoms with Crippen molar-refractivity contribution in [3.05, 3.63) is 98.0 Å². The molecule has 4 aromatic rings. The van der Waals surface area contributed by atoms with Crippen LogP contribution in [0.15, 0.2) is 65.5 Å². The Morgan fingerprint density at radius 1 is 0.968 bits per heavy atom. The summed E-state index contributed by atoms with van der Waals surface area (Å²) in [5, 5.41) is 13.7. The van der Waals surface area contributed by atoms with Crippen molar-refractivity contribution in [1.82, 2.24) is 14.9 Å². The molecule has 1 aromatic heterocycles. The number of fused-ring (bicyclic) bond motifs is 4. The van der Waals surface area contributed by atoms with E-state index >= 15 is 0 Å². The van der Waals surface area contributed by atoms with E-state index < -0.39 is 6.04 Å². The van der Waals surface area contributed by atoms with Gasteiger partial charge in [0.2, 0.25) is 0 Å². The summed E-state index contributed by atoms with van der Waals surface area (Å²) in [6, 6.07) is 15.8. The second kappa shape index (κ2) is 7.41. The summed E-state index contributed by atoms with van der Waals surface area (Å²) >= 11 is 12.3. The van der Waals surface area contributed by atoms with E-state index in [-0.39, 0.29) is 17.2 Å². The Morgan fingerprint density at radius 3 is 2.45 bits per heavy atom. The van der Waals surface area contributed by atoms with E-state index in [1.807, 2.05) is 0 Å². The average Bonchev–Trinajstić information content (AvgIpc) is 2.85. The molecule has 5 rings (SSSR count). The molecule has 0 fully saturated rings. The number of benzene rings is 3. The van der Waals surface area contributed by atoms with Crippen LogP contribution in [0.2, 0.25) is 10.0 Å². The lowest BCUT2D eigenvalue weighted by Gasteiger charge is -2.19. The molecule has 2 N–H and O–H groups in total. The van der Waals surface area contributed by atoms with Crippen molar-refractivity contribution >= 4 is 40.0 Å². The summed E-state index contributed by atoms with van der Waals surface area (Å²) in [5.74, 6) is 0.206. The number of hydrogen-bond acceptors (Lipinski definition) is 4. The predicted octanol–water partition coefficient (Wildman–Crippen LogP) is 4.43. The molecule has 8 heteroatoms. The molecule has 0 aliphatic carbocycles. The smallest absolute Gasteiger partial charge is 0.266 e. The van der Waals surface area contributed by atoms with Gasteiger partial charge in [-0.05, 0) is 60.5 Å². The number of carbonyl (C=O) groups is 1. The van der Waals surface area contributed by atoms with E-state index in [2.05, 4.69) is 5.32 Å². The van der Waals surface area contributed by atoms with Crippen molar-refractivity contribution in [1.29, 1.82) is 0 Å². The molecule has 1 aliphatic heterocycles. The van der Waals surface area contributed by atoms with Gasteiger partial charge in [0.25, 0.3) is 11.5 Å². The molecular formula is C23H15Cl2N3O3. The van der Waals surface area contributed by atoms with Crippen LogP contribution in [0.1, 0.15) is 27.8 Å². The number of nitrogens with one attached hydrogen (secondary N) is 1. The molecule has 0 bridgehead atoms. The van der Waals surface area contributed by atoms with Crippen LogP contribution in [-0.4, -0.2) is 20.6 Å². The maximum atomic E-state index is 13.6. The lowest BCUT2D eigenvalue weighted by molar-refractivity contribution is 0.0938. The number of amides is 1. The standard InChI is InChI=1S/C23H15Cl2N3O3/c24-13-4-8-18-17(10-13)23(31)28-20-11-14(25)3-7-16(20)22(30)27-19(21(28)26-18)9-12-1-5-15(29)6-2-12/h1-8,10-11,19,29H,9H2,(H,27,30). The minimum atomic E-state index is -0.587. The molecular weight excluding hydrogens is 437 g/mol. The van der Waals surface area contributed by atoms with Gasteiger partial charge in [-0.2, -0.15) is 0 Å². The summed E-state index contributed by atoms with van der Waals surface area (Å²) in [4.78, 5) is 31.3. The maximum Gasteiger partial charge on any atom is 0.266 e. The number of halogens is 2. The van der Waals surface area contributed by atoms with Gasteiger partial charge in [0, 0.05) is 10.0 Å². The molecule has 1 unspecified atom stereocenters. The SMILES string of the molecule is O=C1NC(Cc2ccc(O)cc2)c2nc3ccc(Cl)cc3c(=O)n2-c2cc(Cl)ccc21. The second-order valence-corrected chi connectivity index (χ2v) is 8.20. The Hall–Kier alpha value is -3.35. The third kappa shape index (κ3) is 3.44. The van der Waals surface area contributed by atoms with Crippen LogP contribution in [0.25, 0.3) is 16.6 Å². The van der Waals surface area contributed by atoms with Gasteiger partial charge in [-0.25, -0.2) is 4.98 Å². The van der Waals surface area contributed by atoms with Crippen LogP contribution in [0, 0.1) is 0 Å². The van der Waals surface area contributed by atoms with Crippen LogP contribution >= 0.6 is 23.2 Å². The highest BCUT2D eigenvalue weighted by atomic mass is 35.5. The van der Waals surface area contributed by atoms with E-state index in [1.54, 1.807) is 60.7 Å². The first-order valence-corrected chi connectivity index (χ1v) is 10.3. The Labute approximate surface area is 186 Å². The number of rotatable bonds is 2. The first-order chi connectivity index (χ1) is 14.9. The number of carbonyl (C=O) groups excluding carboxylic acids is 1. The lowest BCUT2D eigenvalue weighted by atomic mass is 10.0. The molecule has 0 spiro atoms. The van der Waals surface area contributed by atoms with Gasteiger partial charge in [0.15, 0.2) is 0 Å². The largest absolute Gasteiger partial charge is 0.508 e. The van der Waals surface area contributed by atoms with E-state index in [1.165, 1.54) is 4.57 Å². The van der Waals surface area contributed by atoms with E-state index in [4.69, 9.17) is 28.2 Å². The van der Waals surface area contributed by atoms with Crippen molar-refractivity contribution in [2.45, 2.75) is 12.5 Å². The zero-order chi connectivity index (χ0) is 21.7. The molecule has 1 atom stereocenters. The van der Waals surface area contributed by atoms with Crippen LogP contribution in [0.4, 0.5) is 0 Å². The molecule has 6 nitrogen and oxygen atoms in total. The zero-order valence-corrected chi connectivity index (χ0v) is 17.5. The summed E-state index contributed by atoms with van der Waals surface area (Å²) < 4.78 is 1.43. The van der Waals surface area contributed by atoms with Gasteiger partial charge in [0.1, 0.15) is 11.6 Å². The number of aromatic hydroxyl groups is 1. The van der Waals surface area contributed by atoms with Crippen molar-refractivity contribution in [2.75, 3.05) is 0 Å². The van der Waals surface area contributed by atoms with Crippen molar-refractivity contribution in [3.63, 3.8) is 0 Å². The number of phenolic OH excluding ortho intramolecular Hbond substituents is 1. The first kappa shape index (κ1) is 19.6. The fourth-order valence-electron chi connectivity index (χ4n) is 3.83. The molecule has 154 valence electrons. The monoisotopic (exact) mass is 451 g/mol. The van der Waals surface area contributed by atoms with Crippen LogP contribution in [0.5, 0.6) is 5.75 Å². The minimum Gasteiger partial charge on any atom is -0.508 e. The minimum absolute atomic E-state index is 0.147. The van der Waals surface area contributed by atoms with Gasteiger partial charge in [-0.15, -0.1) is 0 Å². The van der Waals surface area contributed by atoms with Gasteiger partial charge < -0.3 is 10.4 Å². The van der Waals surface area contributed by atoms with Gasteiger partial charge in [-0.3, -0.25) is 14.2 Å². The van der Waals surface area contributed by atoms with Crippen molar-refractivity contribution in [2.24, 2.45) is 0 Å². The Balaban J connectivity index is 1.80. The summed E-state index contributed by atoms with van der Waals surface area (Å²) in [6.07, 6.45) is 0.374. The third-order valence-electron chi connectivity index (χ3n) is 5.29. The maximum absolute atomic E-state index is 13.6. The Kier molecular flexibility index (Phi) is 4.68. The number of phenols is 1. The van der Waals surface area contributed by atoms with E-state index in [0.29, 0.717) is 44.4 Å². The summed E-state index contributed by atoms with van der Waals surface area (Å²) in [7, 11) is 0. The average molecular weight is 452 g/mol. The molecule has 0 saturated carbocycles. The Bertz CT molecular complexity index is 1410. The number of nitrogens with zero attached hydrogens (tertiary/aromatic N) is 2. The normalized spacial score (nSPS) is 15.2. The van der Waals surface area contributed by atoms with Crippen LogP contribution in [0.3, 0.4) is 0 Å². The topological polar surface area (TPSA) is 84.2 Å². The molecule has 0 saturated heterocycles.